The molecule has 1 saturated carbocycles. The number of carbonyl (C=O) groups is 2. The van der Waals surface area contributed by atoms with Crippen molar-refractivity contribution in [2.24, 2.45) is 11.7 Å². The lowest BCUT2D eigenvalue weighted by molar-refractivity contribution is -0.125. The molecule has 24 heavy (non-hydrogen) atoms. The molecule has 1 aliphatic rings. The fourth-order valence-electron chi connectivity index (χ4n) is 2.97. The number of nitrogens with one attached hydrogen (secondary N) is 2. The fourth-order valence-corrected chi connectivity index (χ4v) is 3.17. The Morgan fingerprint density at radius 1 is 1.25 bits per heavy atom. The van der Waals surface area contributed by atoms with Crippen LogP contribution in [0.1, 0.15) is 38.5 Å². The minimum Gasteiger partial charge on any atom is -0.381 e. The van der Waals surface area contributed by atoms with Crippen molar-refractivity contribution >= 4 is 29.1 Å². The quantitative estimate of drug-likeness (QED) is 0.674. The van der Waals surface area contributed by atoms with E-state index in [1.807, 2.05) is 12.1 Å². The number of rotatable bonds is 8. The first-order chi connectivity index (χ1) is 11.6. The van der Waals surface area contributed by atoms with Gasteiger partial charge in [-0.3, -0.25) is 9.59 Å². The standard InChI is InChI=1S/C18H25ClN3O2/c19-14-8-4-5-9-15(14)21-12-16(18(20)24)22-17(23)11-10-13-6-2-1-3-7-13/h4-5,8-9,11,13,16,21H,1-3,6-7,10,12H2,(H2,20,24)(H,22,23). The molecule has 1 aliphatic carbocycles. The Kier molecular flexibility index (Phi) is 7.37. The van der Waals surface area contributed by atoms with Gasteiger partial charge in [0.25, 0.3) is 0 Å². The highest BCUT2D eigenvalue weighted by atomic mass is 35.5. The molecule has 1 aromatic carbocycles. The number of carbonyl (C=O) groups excluding carboxylic acids is 2. The van der Waals surface area contributed by atoms with Crippen LogP contribution in [0.5, 0.6) is 0 Å². The van der Waals surface area contributed by atoms with Crippen LogP contribution in [-0.2, 0) is 9.59 Å². The van der Waals surface area contributed by atoms with Gasteiger partial charge in [-0.25, -0.2) is 0 Å². The van der Waals surface area contributed by atoms with Gasteiger partial charge in [-0.2, -0.15) is 0 Å². The summed E-state index contributed by atoms with van der Waals surface area (Å²) in [4.78, 5) is 23.6. The second-order valence-electron chi connectivity index (χ2n) is 6.27. The molecule has 1 radical (unpaired) electrons. The van der Waals surface area contributed by atoms with Crippen LogP contribution in [0, 0.1) is 12.3 Å². The summed E-state index contributed by atoms with van der Waals surface area (Å²) < 4.78 is 0. The first kappa shape index (κ1) is 18.6. The van der Waals surface area contributed by atoms with Crippen molar-refractivity contribution in [3.63, 3.8) is 0 Å². The Hall–Kier alpha value is -1.75. The topological polar surface area (TPSA) is 84.2 Å². The second-order valence-corrected chi connectivity index (χ2v) is 6.68. The third kappa shape index (κ3) is 6.04. The first-order valence-electron chi connectivity index (χ1n) is 8.47. The molecule has 1 unspecified atom stereocenters. The van der Waals surface area contributed by atoms with E-state index < -0.39 is 11.9 Å². The van der Waals surface area contributed by atoms with E-state index in [-0.39, 0.29) is 12.5 Å². The van der Waals surface area contributed by atoms with Gasteiger partial charge < -0.3 is 16.4 Å². The number of anilines is 1. The number of nitrogens with two attached hydrogens (primary N) is 1. The van der Waals surface area contributed by atoms with E-state index in [2.05, 4.69) is 10.6 Å². The Labute approximate surface area is 148 Å². The molecule has 4 N–H and O–H groups in total. The summed E-state index contributed by atoms with van der Waals surface area (Å²) >= 11 is 6.06. The third-order valence-corrected chi connectivity index (χ3v) is 4.72. The molecule has 1 fully saturated rings. The molecule has 131 valence electrons. The Bertz CT molecular complexity index is 559. The molecule has 2 amide bonds. The van der Waals surface area contributed by atoms with E-state index in [9.17, 15) is 9.59 Å². The summed E-state index contributed by atoms with van der Waals surface area (Å²) in [7, 11) is 0. The van der Waals surface area contributed by atoms with Crippen LogP contribution in [0.2, 0.25) is 5.02 Å². The second kappa shape index (κ2) is 9.52. The lowest BCUT2D eigenvalue weighted by Crippen LogP contribution is -2.48. The smallest absolute Gasteiger partial charge is 0.241 e. The summed E-state index contributed by atoms with van der Waals surface area (Å²) in [5, 5.41) is 6.27. The van der Waals surface area contributed by atoms with Crippen molar-refractivity contribution in [1.29, 1.82) is 0 Å². The summed E-state index contributed by atoms with van der Waals surface area (Å²) in [5.41, 5.74) is 6.09. The largest absolute Gasteiger partial charge is 0.381 e. The van der Waals surface area contributed by atoms with Crippen LogP contribution in [0.3, 0.4) is 0 Å². The summed E-state index contributed by atoms with van der Waals surface area (Å²) in [6.07, 6.45) is 8.53. The van der Waals surface area contributed by atoms with Crippen LogP contribution < -0.4 is 16.4 Å². The van der Waals surface area contributed by atoms with Gasteiger partial charge in [-0.1, -0.05) is 55.8 Å². The van der Waals surface area contributed by atoms with E-state index in [4.69, 9.17) is 17.3 Å². The van der Waals surface area contributed by atoms with Gasteiger partial charge in [0.2, 0.25) is 11.8 Å². The Morgan fingerprint density at radius 2 is 1.96 bits per heavy atom. The summed E-state index contributed by atoms with van der Waals surface area (Å²) in [6.45, 7) is 0.197. The molecular formula is C18H25ClN3O2. The van der Waals surface area contributed by atoms with Crippen LogP contribution in [0.25, 0.3) is 0 Å². The zero-order valence-corrected chi connectivity index (χ0v) is 14.5. The molecule has 0 aromatic heterocycles. The van der Waals surface area contributed by atoms with Gasteiger partial charge in [0.15, 0.2) is 0 Å². The maximum Gasteiger partial charge on any atom is 0.241 e. The zero-order chi connectivity index (χ0) is 17.4. The molecule has 0 heterocycles. The molecular weight excluding hydrogens is 326 g/mol. The monoisotopic (exact) mass is 350 g/mol. The number of para-hydroxylation sites is 1. The number of benzene rings is 1. The van der Waals surface area contributed by atoms with Gasteiger partial charge in [0.05, 0.1) is 10.7 Å². The van der Waals surface area contributed by atoms with Gasteiger partial charge in [-0.05, 0) is 24.5 Å². The van der Waals surface area contributed by atoms with E-state index in [0.717, 1.165) is 6.42 Å². The Morgan fingerprint density at radius 3 is 2.62 bits per heavy atom. The van der Waals surface area contributed by atoms with E-state index in [1.165, 1.54) is 32.1 Å². The Balaban J connectivity index is 1.78. The van der Waals surface area contributed by atoms with Crippen molar-refractivity contribution in [1.82, 2.24) is 5.32 Å². The minimum atomic E-state index is -0.781. The van der Waals surface area contributed by atoms with Crippen LogP contribution >= 0.6 is 11.6 Å². The number of amides is 2. The molecule has 6 heteroatoms. The molecule has 0 spiro atoms. The molecule has 2 rings (SSSR count). The molecule has 0 saturated heterocycles. The lowest BCUT2D eigenvalue weighted by Gasteiger charge is -2.22. The molecule has 0 aliphatic heterocycles. The number of primary amides is 1. The third-order valence-electron chi connectivity index (χ3n) is 4.39. The lowest BCUT2D eigenvalue weighted by atomic mass is 9.86. The predicted octanol–water partition coefficient (Wildman–Crippen LogP) is 2.90. The van der Waals surface area contributed by atoms with Crippen LogP contribution in [-0.4, -0.2) is 24.4 Å². The van der Waals surface area contributed by atoms with Gasteiger partial charge in [0.1, 0.15) is 6.04 Å². The van der Waals surface area contributed by atoms with E-state index in [1.54, 1.807) is 18.6 Å². The van der Waals surface area contributed by atoms with E-state index >= 15 is 0 Å². The fraction of sp³-hybridized carbons (Fsp3) is 0.500. The van der Waals surface area contributed by atoms with Crippen molar-refractivity contribution < 1.29 is 9.59 Å². The minimum absolute atomic E-state index is 0.197. The van der Waals surface area contributed by atoms with Crippen LogP contribution in [0.15, 0.2) is 24.3 Å². The van der Waals surface area contributed by atoms with Crippen molar-refractivity contribution in [3.05, 3.63) is 35.7 Å². The molecule has 1 aromatic rings. The zero-order valence-electron chi connectivity index (χ0n) is 13.8. The molecule has 0 bridgehead atoms. The average molecular weight is 351 g/mol. The van der Waals surface area contributed by atoms with Gasteiger partial charge >= 0.3 is 0 Å². The number of hydrogen-bond donors (Lipinski definition) is 3. The summed E-state index contributed by atoms with van der Waals surface area (Å²) in [6, 6.07) is 6.43. The average Bonchev–Trinajstić information content (AvgIpc) is 2.58. The highest BCUT2D eigenvalue weighted by molar-refractivity contribution is 6.33. The number of halogens is 1. The normalized spacial score (nSPS) is 16.4. The van der Waals surface area contributed by atoms with Crippen molar-refractivity contribution in [2.45, 2.75) is 44.6 Å². The van der Waals surface area contributed by atoms with E-state index in [0.29, 0.717) is 16.6 Å². The number of hydrogen-bond acceptors (Lipinski definition) is 3. The maximum absolute atomic E-state index is 12.1. The van der Waals surface area contributed by atoms with Crippen LogP contribution in [0.4, 0.5) is 5.69 Å². The van der Waals surface area contributed by atoms with Crippen molar-refractivity contribution in [3.8, 4) is 0 Å². The first-order valence-corrected chi connectivity index (χ1v) is 8.85. The molecule has 5 nitrogen and oxygen atoms in total. The highest BCUT2D eigenvalue weighted by Crippen LogP contribution is 2.26. The SMILES string of the molecule is NC(=O)C(CNc1ccccc1Cl)NC(=O)[CH]CC1CCCCC1. The van der Waals surface area contributed by atoms with Gasteiger partial charge in [-0.15, -0.1) is 0 Å². The molecule has 1 atom stereocenters. The highest BCUT2D eigenvalue weighted by Gasteiger charge is 2.20. The summed E-state index contributed by atoms with van der Waals surface area (Å²) in [5.74, 6) is -0.239. The van der Waals surface area contributed by atoms with Gasteiger partial charge in [0, 0.05) is 13.0 Å². The van der Waals surface area contributed by atoms with Crippen molar-refractivity contribution in [2.75, 3.05) is 11.9 Å². The maximum atomic E-state index is 12.1. The predicted molar refractivity (Wildman–Crippen MR) is 96.6 cm³/mol.